The van der Waals surface area contributed by atoms with Crippen molar-refractivity contribution in [1.82, 2.24) is 5.32 Å². The van der Waals surface area contributed by atoms with Crippen LogP contribution in [0.1, 0.15) is 284 Å². The van der Waals surface area contributed by atoms with Crippen molar-refractivity contribution < 1.29 is 20.1 Å². The standard InChI is InChI=1S/C55H105NO4/c1-3-5-7-9-11-13-15-17-19-20-21-22-23-24-25-26-27-28-29-30-31-32-33-34-35-36-38-40-42-44-46-48-52(58)50-55(60)56-53(51-57)54(59)49-47-45-43-41-39-37-18-16-14-12-10-8-6-4-2/h14,16,39,41,47,49,52-54,57-59H,3-13,15,17-38,40,42-46,48,50-51H2,1-2H3,(H,56,60)/b16-14+,41-39+,49-47+. The van der Waals surface area contributed by atoms with Crippen LogP contribution in [0.4, 0.5) is 0 Å². The van der Waals surface area contributed by atoms with Gasteiger partial charge < -0.3 is 20.6 Å². The topological polar surface area (TPSA) is 89.8 Å². The molecule has 0 rings (SSSR count). The second kappa shape index (κ2) is 50.2. The van der Waals surface area contributed by atoms with Crippen LogP contribution in [0.2, 0.25) is 0 Å². The lowest BCUT2D eigenvalue weighted by atomic mass is 10.0. The number of carbonyl (C=O) groups excluding carboxylic acids is 1. The number of rotatable bonds is 49. The fourth-order valence-electron chi connectivity index (χ4n) is 8.32. The van der Waals surface area contributed by atoms with Crippen LogP contribution in [0.25, 0.3) is 0 Å². The van der Waals surface area contributed by atoms with Crippen molar-refractivity contribution in [2.75, 3.05) is 6.61 Å². The Balaban J connectivity index is 3.51. The Morgan fingerprint density at radius 1 is 0.417 bits per heavy atom. The van der Waals surface area contributed by atoms with E-state index in [9.17, 15) is 20.1 Å². The van der Waals surface area contributed by atoms with Gasteiger partial charge in [-0.2, -0.15) is 0 Å². The number of amides is 1. The van der Waals surface area contributed by atoms with Gasteiger partial charge in [0, 0.05) is 0 Å². The fraction of sp³-hybridized carbons (Fsp3) is 0.873. The van der Waals surface area contributed by atoms with Gasteiger partial charge >= 0.3 is 0 Å². The van der Waals surface area contributed by atoms with Gasteiger partial charge in [0.2, 0.25) is 5.91 Å². The van der Waals surface area contributed by atoms with Gasteiger partial charge in [0.15, 0.2) is 0 Å². The number of carbonyl (C=O) groups is 1. The van der Waals surface area contributed by atoms with Crippen molar-refractivity contribution in [1.29, 1.82) is 0 Å². The highest BCUT2D eigenvalue weighted by Crippen LogP contribution is 2.17. The van der Waals surface area contributed by atoms with E-state index >= 15 is 0 Å². The first-order valence-electron chi connectivity index (χ1n) is 26.8. The predicted octanol–water partition coefficient (Wildman–Crippen LogP) is 16.3. The summed E-state index contributed by atoms with van der Waals surface area (Å²) in [7, 11) is 0. The molecule has 0 fully saturated rings. The number of unbranched alkanes of at least 4 members (excludes halogenated alkanes) is 36. The summed E-state index contributed by atoms with van der Waals surface area (Å²) in [6, 6.07) is -0.765. The van der Waals surface area contributed by atoms with Crippen LogP contribution in [0.15, 0.2) is 36.5 Å². The molecule has 354 valence electrons. The minimum absolute atomic E-state index is 0.00532. The lowest BCUT2D eigenvalue weighted by Crippen LogP contribution is -2.45. The summed E-state index contributed by atoms with van der Waals surface area (Å²) in [5.74, 6) is -0.326. The van der Waals surface area contributed by atoms with Crippen LogP contribution in [0.5, 0.6) is 0 Å². The Bertz CT molecular complexity index is 931. The van der Waals surface area contributed by atoms with Crippen molar-refractivity contribution in [3.05, 3.63) is 36.5 Å². The zero-order chi connectivity index (χ0) is 43.7. The molecule has 3 unspecified atom stereocenters. The first-order chi connectivity index (χ1) is 29.5. The molecule has 0 saturated carbocycles. The van der Waals surface area contributed by atoms with E-state index in [4.69, 9.17) is 0 Å². The predicted molar refractivity (Wildman–Crippen MR) is 264 cm³/mol. The van der Waals surface area contributed by atoms with E-state index in [1.165, 1.54) is 218 Å². The maximum Gasteiger partial charge on any atom is 0.222 e. The molecule has 5 heteroatoms. The average Bonchev–Trinajstić information content (AvgIpc) is 3.24. The van der Waals surface area contributed by atoms with Gasteiger partial charge in [-0.3, -0.25) is 4.79 Å². The molecule has 0 saturated heterocycles. The summed E-state index contributed by atoms with van der Waals surface area (Å²) in [6.45, 7) is 4.19. The molecule has 0 bridgehead atoms. The molecule has 0 heterocycles. The number of allylic oxidation sites excluding steroid dienone is 5. The summed E-state index contributed by atoms with van der Waals surface area (Å²) in [5, 5.41) is 33.3. The normalized spacial score (nSPS) is 13.6. The molecule has 0 aliphatic rings. The summed E-state index contributed by atoms with van der Waals surface area (Å²) in [5.41, 5.74) is 0. The van der Waals surface area contributed by atoms with Gasteiger partial charge in [0.25, 0.3) is 0 Å². The Morgan fingerprint density at radius 3 is 1.07 bits per heavy atom. The van der Waals surface area contributed by atoms with Gasteiger partial charge in [0.1, 0.15) is 0 Å². The highest BCUT2D eigenvalue weighted by molar-refractivity contribution is 5.76. The maximum atomic E-state index is 12.5. The Kier molecular flexibility index (Phi) is 49.0. The third-order valence-corrected chi connectivity index (χ3v) is 12.4. The lowest BCUT2D eigenvalue weighted by Gasteiger charge is -2.21. The van der Waals surface area contributed by atoms with Crippen LogP contribution in [-0.2, 0) is 4.79 Å². The van der Waals surface area contributed by atoms with E-state index in [1.807, 2.05) is 6.08 Å². The molecule has 5 nitrogen and oxygen atoms in total. The fourth-order valence-corrected chi connectivity index (χ4v) is 8.32. The van der Waals surface area contributed by atoms with Gasteiger partial charge in [-0.15, -0.1) is 0 Å². The van der Waals surface area contributed by atoms with Crippen molar-refractivity contribution >= 4 is 5.91 Å². The third-order valence-electron chi connectivity index (χ3n) is 12.4. The molecule has 0 aromatic heterocycles. The highest BCUT2D eigenvalue weighted by Gasteiger charge is 2.20. The number of hydrogen-bond acceptors (Lipinski definition) is 4. The largest absolute Gasteiger partial charge is 0.394 e. The van der Waals surface area contributed by atoms with E-state index in [0.29, 0.717) is 6.42 Å². The van der Waals surface area contributed by atoms with Crippen LogP contribution in [-0.4, -0.2) is 46.1 Å². The Labute approximate surface area is 374 Å². The monoisotopic (exact) mass is 844 g/mol. The molecule has 0 aromatic rings. The quantitative estimate of drug-likeness (QED) is 0.0363. The second-order valence-corrected chi connectivity index (χ2v) is 18.5. The van der Waals surface area contributed by atoms with Crippen LogP contribution in [0, 0.1) is 0 Å². The minimum Gasteiger partial charge on any atom is -0.394 e. The Hall–Kier alpha value is -1.43. The van der Waals surface area contributed by atoms with E-state index in [2.05, 4.69) is 43.5 Å². The molecule has 3 atom stereocenters. The van der Waals surface area contributed by atoms with Crippen LogP contribution < -0.4 is 5.32 Å². The zero-order valence-corrected chi connectivity index (χ0v) is 40.4. The first-order valence-corrected chi connectivity index (χ1v) is 26.8. The number of aliphatic hydroxyl groups excluding tert-OH is 3. The highest BCUT2D eigenvalue weighted by atomic mass is 16.3. The number of aliphatic hydroxyl groups is 3. The van der Waals surface area contributed by atoms with E-state index in [-0.39, 0.29) is 18.9 Å². The summed E-state index contributed by atoms with van der Waals surface area (Å²) in [4.78, 5) is 12.5. The molecule has 4 N–H and O–H groups in total. The average molecular weight is 844 g/mol. The van der Waals surface area contributed by atoms with Crippen molar-refractivity contribution in [3.8, 4) is 0 Å². The molecule has 1 amide bonds. The summed E-state index contributed by atoms with van der Waals surface area (Å²) in [6.07, 6.45) is 64.8. The van der Waals surface area contributed by atoms with E-state index in [0.717, 1.165) is 38.5 Å². The summed E-state index contributed by atoms with van der Waals surface area (Å²) < 4.78 is 0. The zero-order valence-electron chi connectivity index (χ0n) is 40.4. The van der Waals surface area contributed by atoms with Gasteiger partial charge in [-0.1, -0.05) is 269 Å². The second-order valence-electron chi connectivity index (χ2n) is 18.5. The Morgan fingerprint density at radius 2 is 0.717 bits per heavy atom. The SMILES string of the molecule is CCCCCC/C=C/CC/C=C/CC/C=C/C(O)C(CO)NC(=O)CC(O)CCCCCCCCCCCCCCCCCCCCCCCCCCCCCCCCC. The minimum atomic E-state index is -0.958. The molecule has 0 radical (unpaired) electrons. The molecule has 0 aliphatic carbocycles. The van der Waals surface area contributed by atoms with Crippen molar-refractivity contribution in [2.24, 2.45) is 0 Å². The van der Waals surface area contributed by atoms with E-state index < -0.39 is 18.2 Å². The maximum absolute atomic E-state index is 12.5. The first kappa shape index (κ1) is 58.6. The number of nitrogens with one attached hydrogen (secondary N) is 1. The molecular formula is C55H105NO4. The van der Waals surface area contributed by atoms with Gasteiger partial charge in [-0.25, -0.2) is 0 Å². The van der Waals surface area contributed by atoms with Gasteiger partial charge in [0.05, 0.1) is 31.3 Å². The van der Waals surface area contributed by atoms with E-state index in [1.54, 1.807) is 6.08 Å². The van der Waals surface area contributed by atoms with Crippen LogP contribution in [0.3, 0.4) is 0 Å². The van der Waals surface area contributed by atoms with Crippen molar-refractivity contribution in [3.63, 3.8) is 0 Å². The van der Waals surface area contributed by atoms with Gasteiger partial charge in [-0.05, 0) is 44.9 Å². The molecule has 0 spiro atoms. The lowest BCUT2D eigenvalue weighted by molar-refractivity contribution is -0.124. The summed E-state index contributed by atoms with van der Waals surface area (Å²) >= 11 is 0. The smallest absolute Gasteiger partial charge is 0.222 e. The molecule has 0 aromatic carbocycles. The van der Waals surface area contributed by atoms with Crippen molar-refractivity contribution in [2.45, 2.75) is 302 Å². The van der Waals surface area contributed by atoms with Crippen LogP contribution >= 0.6 is 0 Å². The third kappa shape index (κ3) is 46.1. The molecule has 0 aliphatic heterocycles. The molecular weight excluding hydrogens is 739 g/mol. The number of hydrogen-bond donors (Lipinski definition) is 4. The molecule has 60 heavy (non-hydrogen) atoms.